The number of hydrogen-bond acceptors (Lipinski definition) is 6. The summed E-state index contributed by atoms with van der Waals surface area (Å²) >= 11 is 0. The molecule has 1 aliphatic heterocycles. The van der Waals surface area contributed by atoms with Crippen molar-refractivity contribution in [2.75, 3.05) is 19.6 Å². The second-order valence-electron chi connectivity index (χ2n) is 10.9. The number of carbonyl (C=O) groups is 2. The molecule has 4 rings (SSSR count). The zero-order valence-corrected chi connectivity index (χ0v) is 23.5. The van der Waals surface area contributed by atoms with E-state index in [1.54, 1.807) is 24.5 Å². The van der Waals surface area contributed by atoms with Gasteiger partial charge in [-0.05, 0) is 54.5 Å². The van der Waals surface area contributed by atoms with Gasteiger partial charge in [0.05, 0.1) is 12.6 Å². The first kappa shape index (κ1) is 29.1. The second kappa shape index (κ2) is 13.0. The summed E-state index contributed by atoms with van der Waals surface area (Å²) in [5.74, 6) is -0.359. The lowest BCUT2D eigenvalue weighted by Crippen LogP contribution is -2.47. The highest BCUT2D eigenvalue weighted by Crippen LogP contribution is 2.29. The maximum atomic E-state index is 13.2. The molecular weight excluding hydrogens is 511 g/mol. The Balaban J connectivity index is 1.37. The first-order valence-electron chi connectivity index (χ1n) is 13.7. The lowest BCUT2D eigenvalue weighted by molar-refractivity contribution is -0.134. The first-order valence-corrected chi connectivity index (χ1v) is 13.7. The van der Waals surface area contributed by atoms with E-state index in [1.165, 1.54) is 16.8 Å². The zero-order valence-electron chi connectivity index (χ0n) is 23.5. The molecule has 3 aromatic rings. The maximum Gasteiger partial charge on any atom is 0.313 e. The number of likely N-dealkylation sites (tertiary alicyclic amines) is 1. The summed E-state index contributed by atoms with van der Waals surface area (Å²) in [6, 6.07) is 10.3. The summed E-state index contributed by atoms with van der Waals surface area (Å²) in [6.07, 6.45) is 4.51. The van der Waals surface area contributed by atoms with Gasteiger partial charge < -0.3 is 14.6 Å². The van der Waals surface area contributed by atoms with Crippen LogP contribution in [-0.2, 0) is 16.1 Å². The Morgan fingerprint density at radius 3 is 2.52 bits per heavy atom. The zero-order chi connectivity index (χ0) is 28.8. The lowest BCUT2D eigenvalue weighted by Gasteiger charge is -2.34. The molecule has 0 aliphatic carbocycles. The van der Waals surface area contributed by atoms with Crippen molar-refractivity contribution < 1.29 is 18.7 Å². The van der Waals surface area contributed by atoms with Gasteiger partial charge in [0.2, 0.25) is 5.91 Å². The quantitative estimate of drug-likeness (QED) is 0.358. The summed E-state index contributed by atoms with van der Waals surface area (Å²) in [5, 5.41) is 2.80. The summed E-state index contributed by atoms with van der Waals surface area (Å²) in [7, 11) is 0. The molecule has 1 amide bonds. The minimum Gasteiger partial charge on any atom is -0.425 e. The Kier molecular flexibility index (Phi) is 9.47. The molecule has 0 saturated carbocycles. The number of ether oxygens (including phenoxy) is 1. The van der Waals surface area contributed by atoms with Gasteiger partial charge in [0, 0.05) is 50.2 Å². The van der Waals surface area contributed by atoms with Gasteiger partial charge >= 0.3 is 5.97 Å². The topological polar surface area (TPSA) is 93.5 Å². The van der Waals surface area contributed by atoms with E-state index in [9.17, 15) is 18.8 Å². The first-order chi connectivity index (χ1) is 19.1. The molecule has 3 heterocycles. The van der Waals surface area contributed by atoms with Gasteiger partial charge in [-0.3, -0.25) is 24.3 Å². The van der Waals surface area contributed by atoms with Gasteiger partial charge in [-0.2, -0.15) is 0 Å². The smallest absolute Gasteiger partial charge is 0.313 e. The number of aryl methyl sites for hydroxylation is 2. The van der Waals surface area contributed by atoms with Gasteiger partial charge in [-0.1, -0.05) is 38.1 Å². The Morgan fingerprint density at radius 1 is 1.12 bits per heavy atom. The number of benzene rings is 1. The van der Waals surface area contributed by atoms with Crippen LogP contribution in [0, 0.1) is 19.8 Å². The van der Waals surface area contributed by atoms with Crippen LogP contribution >= 0.6 is 0 Å². The number of nitrogens with zero attached hydrogens (tertiary/aromatic N) is 3. The average molecular weight is 549 g/mol. The van der Waals surface area contributed by atoms with Crippen LogP contribution in [0.15, 0.2) is 59.8 Å². The van der Waals surface area contributed by atoms with Crippen LogP contribution in [-0.4, -0.2) is 52.1 Å². The van der Waals surface area contributed by atoms with Gasteiger partial charge in [0.15, 0.2) is 0 Å². The summed E-state index contributed by atoms with van der Waals surface area (Å²) in [5.41, 5.74) is 4.66. The lowest BCUT2D eigenvalue weighted by atomic mass is 9.97. The van der Waals surface area contributed by atoms with Crippen LogP contribution in [0.2, 0.25) is 0 Å². The Morgan fingerprint density at radius 2 is 1.85 bits per heavy atom. The molecule has 40 heavy (non-hydrogen) atoms. The summed E-state index contributed by atoms with van der Waals surface area (Å²) in [6.45, 7) is 9.33. The Labute approximate surface area is 234 Å². The Bertz CT molecular complexity index is 1390. The molecule has 212 valence electrons. The van der Waals surface area contributed by atoms with Crippen molar-refractivity contribution in [3.63, 3.8) is 0 Å². The molecule has 1 N–H and O–H groups in total. The Hall–Kier alpha value is -3.85. The van der Waals surface area contributed by atoms with Gasteiger partial charge in [-0.15, -0.1) is 0 Å². The number of alkyl halides is 1. The number of hydrogen-bond donors (Lipinski definition) is 1. The molecule has 1 saturated heterocycles. The van der Waals surface area contributed by atoms with Crippen LogP contribution < -0.4 is 15.6 Å². The van der Waals surface area contributed by atoms with Gasteiger partial charge in [0.1, 0.15) is 18.0 Å². The highest BCUT2D eigenvalue weighted by atomic mass is 19.1. The van der Waals surface area contributed by atoms with Crippen LogP contribution in [0.3, 0.4) is 0 Å². The number of esters is 1. The predicted octanol–water partition coefficient (Wildman–Crippen LogP) is 4.38. The minimum atomic E-state index is -0.811. The van der Waals surface area contributed by atoms with E-state index >= 15 is 0 Å². The number of aromatic nitrogens is 2. The van der Waals surface area contributed by atoms with Crippen molar-refractivity contribution in [2.45, 2.75) is 59.3 Å². The van der Waals surface area contributed by atoms with E-state index in [1.807, 2.05) is 50.8 Å². The van der Waals surface area contributed by atoms with E-state index in [4.69, 9.17) is 4.74 Å². The number of nitrogens with one attached hydrogen (secondary N) is 1. The number of rotatable bonds is 11. The normalized spacial score (nSPS) is 14.6. The fourth-order valence-electron chi connectivity index (χ4n) is 5.04. The fourth-order valence-corrected chi connectivity index (χ4v) is 5.04. The summed E-state index contributed by atoms with van der Waals surface area (Å²) in [4.78, 5) is 44.6. The standard InChI is InChI=1S/C31H37FN4O4/c1-20(2)12-27(36-17-23(8-9-28(36)37)16-35-18-25(32)19-35)31(39)34-11-10-29(38)40-26-13-24(14-33-15-26)30-21(3)6-5-7-22(30)4/h5-9,13-15,17,20,25,27H,10-12,16,18-19H2,1-4H3,(H,34,39). The third kappa shape index (κ3) is 7.41. The van der Waals surface area contributed by atoms with Crippen LogP contribution in [0.4, 0.5) is 4.39 Å². The van der Waals surface area contributed by atoms with Crippen molar-refractivity contribution in [1.82, 2.24) is 19.8 Å². The molecule has 1 fully saturated rings. The molecule has 1 atom stereocenters. The van der Waals surface area contributed by atoms with E-state index in [-0.39, 0.29) is 30.3 Å². The van der Waals surface area contributed by atoms with Crippen LogP contribution in [0.1, 0.15) is 49.4 Å². The number of pyridine rings is 2. The largest absolute Gasteiger partial charge is 0.425 e. The van der Waals surface area contributed by atoms with E-state index in [0.717, 1.165) is 27.8 Å². The van der Waals surface area contributed by atoms with Crippen LogP contribution in [0.5, 0.6) is 5.75 Å². The molecule has 0 spiro atoms. The third-order valence-corrected chi connectivity index (χ3v) is 6.99. The minimum absolute atomic E-state index is 0.0396. The molecule has 1 aromatic carbocycles. The molecule has 8 nitrogen and oxygen atoms in total. The number of carbonyl (C=O) groups excluding carboxylic acids is 2. The highest BCUT2D eigenvalue weighted by molar-refractivity contribution is 5.81. The monoisotopic (exact) mass is 548 g/mol. The average Bonchev–Trinajstić information content (AvgIpc) is 2.87. The molecule has 0 radical (unpaired) electrons. The third-order valence-electron chi connectivity index (χ3n) is 6.99. The molecule has 9 heteroatoms. The van der Waals surface area contributed by atoms with Gasteiger partial charge in [-0.25, -0.2) is 4.39 Å². The SMILES string of the molecule is Cc1cccc(C)c1-c1cncc(OC(=O)CCNC(=O)C(CC(C)C)n2cc(CN3CC(F)C3)ccc2=O)c1. The number of halogens is 1. The molecule has 0 bridgehead atoms. The maximum absolute atomic E-state index is 13.2. The fraction of sp³-hybridized carbons (Fsp3) is 0.419. The number of amides is 1. The molecular formula is C31H37FN4O4. The van der Waals surface area contributed by atoms with Crippen molar-refractivity contribution >= 4 is 11.9 Å². The van der Waals surface area contributed by atoms with Crippen molar-refractivity contribution in [3.05, 3.63) is 82.0 Å². The molecule has 1 aliphatic rings. The van der Waals surface area contributed by atoms with E-state index in [0.29, 0.717) is 31.8 Å². The van der Waals surface area contributed by atoms with Crippen molar-refractivity contribution in [1.29, 1.82) is 0 Å². The van der Waals surface area contributed by atoms with Crippen molar-refractivity contribution in [2.24, 2.45) is 5.92 Å². The molecule has 1 unspecified atom stereocenters. The van der Waals surface area contributed by atoms with E-state index in [2.05, 4.69) is 10.3 Å². The van der Waals surface area contributed by atoms with Crippen LogP contribution in [0.25, 0.3) is 11.1 Å². The summed E-state index contributed by atoms with van der Waals surface area (Å²) < 4.78 is 20.2. The van der Waals surface area contributed by atoms with Gasteiger partial charge in [0.25, 0.3) is 5.56 Å². The van der Waals surface area contributed by atoms with E-state index < -0.39 is 18.2 Å². The second-order valence-corrected chi connectivity index (χ2v) is 10.9. The predicted molar refractivity (Wildman–Crippen MR) is 152 cm³/mol. The van der Waals surface area contributed by atoms with Crippen molar-refractivity contribution in [3.8, 4) is 16.9 Å². The molecule has 2 aromatic heterocycles. The highest BCUT2D eigenvalue weighted by Gasteiger charge is 2.27.